The third kappa shape index (κ3) is 4.46. The number of hydrogen-bond donors (Lipinski definition) is 1. The number of benzene rings is 2. The van der Waals surface area contributed by atoms with Crippen LogP contribution in [0.4, 0.5) is 4.39 Å². The number of para-hydroxylation sites is 1. The lowest BCUT2D eigenvalue weighted by atomic mass is 10.2. The molecule has 1 N–H and O–H groups in total. The minimum absolute atomic E-state index is 0.150. The van der Waals surface area contributed by atoms with Crippen molar-refractivity contribution in [2.75, 3.05) is 12.9 Å². The van der Waals surface area contributed by atoms with Crippen molar-refractivity contribution in [3.05, 3.63) is 59.9 Å². The van der Waals surface area contributed by atoms with E-state index in [1.165, 1.54) is 17.8 Å². The molecule has 6 nitrogen and oxygen atoms in total. The van der Waals surface area contributed by atoms with E-state index in [4.69, 9.17) is 4.74 Å². The number of thioether (sulfide) groups is 1. The fourth-order valence-electron chi connectivity index (χ4n) is 2.52. The summed E-state index contributed by atoms with van der Waals surface area (Å²) in [6, 6.07) is 13.9. The Labute approximate surface area is 160 Å². The molecular formula is C19H19FN4O2S. The van der Waals surface area contributed by atoms with E-state index < -0.39 is 0 Å². The maximum Gasteiger partial charge on any atom is 0.230 e. The fourth-order valence-corrected chi connectivity index (χ4v) is 3.26. The number of rotatable bonds is 7. The Morgan fingerprint density at radius 3 is 2.70 bits per heavy atom. The van der Waals surface area contributed by atoms with Crippen molar-refractivity contribution >= 4 is 17.7 Å². The SMILES string of the molecule is COc1ccccc1-c1nnc(SCC(=O)NCc2ccccc2F)n1C. The van der Waals surface area contributed by atoms with E-state index in [9.17, 15) is 9.18 Å². The Kier molecular flexibility index (Phi) is 6.08. The molecule has 0 aliphatic rings. The average Bonchev–Trinajstić information content (AvgIpc) is 3.06. The molecule has 27 heavy (non-hydrogen) atoms. The van der Waals surface area contributed by atoms with E-state index >= 15 is 0 Å². The molecule has 0 saturated carbocycles. The molecule has 3 aromatic rings. The maximum atomic E-state index is 13.6. The number of carbonyl (C=O) groups excluding carboxylic acids is 1. The van der Waals surface area contributed by atoms with Gasteiger partial charge in [0.05, 0.1) is 18.4 Å². The first-order valence-electron chi connectivity index (χ1n) is 8.26. The van der Waals surface area contributed by atoms with Gasteiger partial charge in [0, 0.05) is 19.2 Å². The summed E-state index contributed by atoms with van der Waals surface area (Å²) in [6.07, 6.45) is 0. The number of carbonyl (C=O) groups is 1. The smallest absolute Gasteiger partial charge is 0.230 e. The molecule has 0 radical (unpaired) electrons. The summed E-state index contributed by atoms with van der Waals surface area (Å²) in [5.74, 6) is 0.978. The second-order valence-corrected chi connectivity index (χ2v) is 6.66. The molecule has 140 valence electrons. The third-order valence-corrected chi connectivity index (χ3v) is 4.97. The number of amides is 1. The summed E-state index contributed by atoms with van der Waals surface area (Å²) in [5.41, 5.74) is 1.28. The van der Waals surface area contributed by atoms with Crippen LogP contribution in [0.25, 0.3) is 11.4 Å². The van der Waals surface area contributed by atoms with E-state index in [-0.39, 0.29) is 24.0 Å². The fraction of sp³-hybridized carbons (Fsp3) is 0.211. The van der Waals surface area contributed by atoms with Crippen LogP contribution in [0.2, 0.25) is 0 Å². The summed E-state index contributed by atoms with van der Waals surface area (Å²) in [6.45, 7) is 0.150. The summed E-state index contributed by atoms with van der Waals surface area (Å²) in [7, 11) is 3.44. The standard InChI is InChI=1S/C19H19FN4O2S/c1-24-18(14-8-4-6-10-16(14)26-2)22-23-19(24)27-12-17(25)21-11-13-7-3-5-9-15(13)20/h3-10H,11-12H2,1-2H3,(H,21,25). The highest BCUT2D eigenvalue weighted by molar-refractivity contribution is 7.99. The second kappa shape index (κ2) is 8.68. The molecule has 1 amide bonds. The minimum atomic E-state index is -0.333. The first-order valence-corrected chi connectivity index (χ1v) is 9.24. The Balaban J connectivity index is 1.61. The molecule has 0 aliphatic heterocycles. The molecule has 0 saturated heterocycles. The maximum absolute atomic E-state index is 13.6. The molecule has 0 atom stereocenters. The van der Waals surface area contributed by atoms with Gasteiger partial charge in [-0.15, -0.1) is 10.2 Å². The van der Waals surface area contributed by atoms with E-state index in [1.54, 1.807) is 25.3 Å². The third-order valence-electron chi connectivity index (χ3n) is 3.95. The zero-order valence-electron chi connectivity index (χ0n) is 15.0. The first-order chi connectivity index (χ1) is 13.1. The van der Waals surface area contributed by atoms with Crippen molar-refractivity contribution in [3.8, 4) is 17.1 Å². The van der Waals surface area contributed by atoms with Crippen LogP contribution < -0.4 is 10.1 Å². The lowest BCUT2D eigenvalue weighted by Crippen LogP contribution is -2.25. The normalized spacial score (nSPS) is 10.6. The Morgan fingerprint density at radius 2 is 1.93 bits per heavy atom. The molecule has 0 fully saturated rings. The molecule has 2 aromatic carbocycles. The minimum Gasteiger partial charge on any atom is -0.496 e. The number of halogens is 1. The van der Waals surface area contributed by atoms with Crippen molar-refractivity contribution in [1.82, 2.24) is 20.1 Å². The molecule has 0 unspecified atom stereocenters. The number of aromatic nitrogens is 3. The van der Waals surface area contributed by atoms with Gasteiger partial charge < -0.3 is 14.6 Å². The number of nitrogens with zero attached hydrogens (tertiary/aromatic N) is 3. The van der Waals surface area contributed by atoms with Gasteiger partial charge >= 0.3 is 0 Å². The monoisotopic (exact) mass is 386 g/mol. The van der Waals surface area contributed by atoms with Crippen LogP contribution in [0.3, 0.4) is 0 Å². The van der Waals surface area contributed by atoms with E-state index in [1.807, 2.05) is 35.9 Å². The zero-order chi connectivity index (χ0) is 19.2. The van der Waals surface area contributed by atoms with E-state index in [0.29, 0.717) is 22.3 Å². The highest BCUT2D eigenvalue weighted by Crippen LogP contribution is 2.29. The molecule has 0 spiro atoms. The van der Waals surface area contributed by atoms with Crippen LogP contribution in [0, 0.1) is 5.82 Å². The number of hydrogen-bond acceptors (Lipinski definition) is 5. The van der Waals surface area contributed by atoms with Gasteiger partial charge in [0.1, 0.15) is 11.6 Å². The van der Waals surface area contributed by atoms with Gasteiger partial charge in [-0.05, 0) is 18.2 Å². The van der Waals surface area contributed by atoms with Crippen molar-refractivity contribution in [3.63, 3.8) is 0 Å². The lowest BCUT2D eigenvalue weighted by molar-refractivity contribution is -0.118. The van der Waals surface area contributed by atoms with Crippen molar-refractivity contribution in [2.45, 2.75) is 11.7 Å². The van der Waals surface area contributed by atoms with Crippen LogP contribution in [0.5, 0.6) is 5.75 Å². The Morgan fingerprint density at radius 1 is 1.19 bits per heavy atom. The van der Waals surface area contributed by atoms with Crippen LogP contribution >= 0.6 is 11.8 Å². The summed E-state index contributed by atoms with van der Waals surface area (Å²) >= 11 is 1.27. The summed E-state index contributed by atoms with van der Waals surface area (Å²) < 4.78 is 20.8. The van der Waals surface area contributed by atoms with Crippen LogP contribution in [-0.4, -0.2) is 33.5 Å². The highest BCUT2D eigenvalue weighted by atomic mass is 32.2. The van der Waals surface area contributed by atoms with Crippen molar-refractivity contribution in [1.29, 1.82) is 0 Å². The van der Waals surface area contributed by atoms with Gasteiger partial charge in [-0.3, -0.25) is 4.79 Å². The quantitative estimate of drug-likeness (QED) is 0.632. The molecule has 8 heteroatoms. The predicted molar refractivity (Wildman–Crippen MR) is 102 cm³/mol. The molecular weight excluding hydrogens is 367 g/mol. The van der Waals surface area contributed by atoms with Gasteiger partial charge in [-0.1, -0.05) is 42.1 Å². The summed E-state index contributed by atoms with van der Waals surface area (Å²) in [5, 5.41) is 11.7. The van der Waals surface area contributed by atoms with Gasteiger partial charge in [0.2, 0.25) is 5.91 Å². The topological polar surface area (TPSA) is 69.0 Å². The number of ether oxygens (including phenoxy) is 1. The van der Waals surface area contributed by atoms with Crippen LogP contribution in [0.15, 0.2) is 53.7 Å². The molecule has 3 rings (SSSR count). The van der Waals surface area contributed by atoms with E-state index in [2.05, 4.69) is 15.5 Å². The zero-order valence-corrected chi connectivity index (χ0v) is 15.8. The molecule has 0 bridgehead atoms. The Bertz CT molecular complexity index is 945. The van der Waals surface area contributed by atoms with Gasteiger partial charge in [0.15, 0.2) is 11.0 Å². The molecule has 1 aromatic heterocycles. The average molecular weight is 386 g/mol. The number of nitrogens with one attached hydrogen (secondary N) is 1. The molecule has 0 aliphatic carbocycles. The van der Waals surface area contributed by atoms with Gasteiger partial charge in [0.25, 0.3) is 0 Å². The lowest BCUT2D eigenvalue weighted by Gasteiger charge is -2.08. The number of methoxy groups -OCH3 is 1. The van der Waals surface area contributed by atoms with Crippen molar-refractivity contribution < 1.29 is 13.9 Å². The highest BCUT2D eigenvalue weighted by Gasteiger charge is 2.15. The van der Waals surface area contributed by atoms with Crippen LogP contribution in [-0.2, 0) is 18.4 Å². The predicted octanol–water partition coefficient (Wildman–Crippen LogP) is 3.04. The first kappa shape index (κ1) is 18.9. The van der Waals surface area contributed by atoms with Crippen molar-refractivity contribution in [2.24, 2.45) is 7.05 Å². The van der Waals surface area contributed by atoms with E-state index in [0.717, 1.165) is 5.56 Å². The van der Waals surface area contributed by atoms with Gasteiger partial charge in [-0.2, -0.15) is 0 Å². The molecule has 1 heterocycles. The van der Waals surface area contributed by atoms with Crippen LogP contribution in [0.1, 0.15) is 5.56 Å². The largest absolute Gasteiger partial charge is 0.496 e. The second-order valence-electron chi connectivity index (χ2n) is 5.72. The Hall–Kier alpha value is -2.87. The van der Waals surface area contributed by atoms with Gasteiger partial charge in [-0.25, -0.2) is 4.39 Å². The summed E-state index contributed by atoms with van der Waals surface area (Å²) in [4.78, 5) is 12.1.